The summed E-state index contributed by atoms with van der Waals surface area (Å²) in [6.07, 6.45) is 1.57. The molecule has 6 nitrogen and oxygen atoms in total. The Labute approximate surface area is 203 Å². The van der Waals surface area contributed by atoms with Crippen molar-refractivity contribution in [1.82, 2.24) is 5.43 Å². The first kappa shape index (κ1) is 24.7. The molecule has 172 valence electrons. The molecular weight excluding hydrogens is 502 g/mol. The van der Waals surface area contributed by atoms with Crippen LogP contribution in [0.3, 0.4) is 0 Å². The van der Waals surface area contributed by atoms with Gasteiger partial charge in [0.15, 0.2) is 0 Å². The number of hydrogen-bond donors (Lipinski definition) is 1. The van der Waals surface area contributed by atoms with Gasteiger partial charge in [-0.25, -0.2) is 13.8 Å². The molecule has 0 aromatic heterocycles. The van der Waals surface area contributed by atoms with Crippen LogP contribution in [0.25, 0.3) is 0 Å². The van der Waals surface area contributed by atoms with Crippen molar-refractivity contribution in [3.8, 4) is 0 Å². The number of amides is 1. The summed E-state index contributed by atoms with van der Waals surface area (Å²) in [5, 5.41) is 4.05. The van der Waals surface area contributed by atoms with Gasteiger partial charge >= 0.3 is 0 Å². The summed E-state index contributed by atoms with van der Waals surface area (Å²) in [5.41, 5.74) is 8.08. The summed E-state index contributed by atoms with van der Waals surface area (Å²) in [5.74, 6) is -0.550. The maximum Gasteiger partial charge on any atom is 0.264 e. The number of sulfonamides is 1. The number of rotatable bonds is 7. The highest BCUT2D eigenvalue weighted by molar-refractivity contribution is 9.10. The third-order valence-corrected chi connectivity index (χ3v) is 7.82. The van der Waals surface area contributed by atoms with Crippen LogP contribution in [0.5, 0.6) is 0 Å². The Morgan fingerprint density at radius 1 is 0.939 bits per heavy atom. The molecule has 1 amide bonds. The van der Waals surface area contributed by atoms with Gasteiger partial charge in [0.1, 0.15) is 6.54 Å². The van der Waals surface area contributed by atoms with E-state index in [1.807, 2.05) is 39.8 Å². The highest BCUT2D eigenvalue weighted by atomic mass is 79.9. The third-order valence-electron chi connectivity index (χ3n) is 5.50. The summed E-state index contributed by atoms with van der Waals surface area (Å²) < 4.78 is 28.6. The Morgan fingerprint density at radius 3 is 2.21 bits per heavy atom. The Hall–Kier alpha value is -2.97. The number of benzene rings is 3. The lowest BCUT2D eigenvalue weighted by Crippen LogP contribution is -2.39. The highest BCUT2D eigenvalue weighted by Crippen LogP contribution is 2.25. The van der Waals surface area contributed by atoms with Crippen LogP contribution >= 0.6 is 15.9 Å². The summed E-state index contributed by atoms with van der Waals surface area (Å²) >= 11 is 3.35. The van der Waals surface area contributed by atoms with Crippen molar-refractivity contribution in [2.75, 3.05) is 10.8 Å². The minimum Gasteiger partial charge on any atom is -0.271 e. The zero-order valence-corrected chi connectivity index (χ0v) is 21.4. The van der Waals surface area contributed by atoms with Gasteiger partial charge in [-0.1, -0.05) is 45.8 Å². The van der Waals surface area contributed by atoms with Crippen LogP contribution in [-0.4, -0.2) is 27.1 Å². The van der Waals surface area contributed by atoms with Crippen LogP contribution < -0.4 is 9.73 Å². The SMILES string of the molecule is Cc1ccc(S(=O)(=O)N(CC(=O)N/N=C\c2ccc(C)c(C)c2C)c2ccc(Br)cc2)cc1. The summed E-state index contributed by atoms with van der Waals surface area (Å²) in [7, 11) is -3.97. The lowest BCUT2D eigenvalue weighted by molar-refractivity contribution is -0.119. The lowest BCUT2D eigenvalue weighted by atomic mass is 10.00. The molecule has 0 saturated heterocycles. The predicted molar refractivity (Wildman–Crippen MR) is 136 cm³/mol. The van der Waals surface area contributed by atoms with E-state index >= 15 is 0 Å². The molecule has 33 heavy (non-hydrogen) atoms. The van der Waals surface area contributed by atoms with Crippen LogP contribution in [0.2, 0.25) is 0 Å². The molecule has 8 heteroatoms. The maximum absolute atomic E-state index is 13.4. The van der Waals surface area contributed by atoms with Gasteiger partial charge in [0.05, 0.1) is 16.8 Å². The van der Waals surface area contributed by atoms with E-state index in [0.29, 0.717) is 5.69 Å². The van der Waals surface area contributed by atoms with E-state index in [2.05, 4.69) is 26.5 Å². The van der Waals surface area contributed by atoms with Crippen LogP contribution in [0, 0.1) is 27.7 Å². The Morgan fingerprint density at radius 2 is 1.58 bits per heavy atom. The summed E-state index contributed by atoms with van der Waals surface area (Å²) in [6, 6.07) is 17.2. The van der Waals surface area contributed by atoms with E-state index < -0.39 is 22.5 Å². The molecule has 3 aromatic rings. The fraction of sp³-hybridized carbons (Fsp3) is 0.200. The zero-order chi connectivity index (χ0) is 24.2. The Bertz CT molecular complexity index is 1290. The average molecular weight is 528 g/mol. The van der Waals surface area contributed by atoms with E-state index in [1.165, 1.54) is 17.7 Å². The van der Waals surface area contributed by atoms with E-state index in [0.717, 1.165) is 31.0 Å². The summed E-state index contributed by atoms with van der Waals surface area (Å²) in [4.78, 5) is 12.8. The molecule has 0 aliphatic heterocycles. The minimum absolute atomic E-state index is 0.109. The molecule has 1 N–H and O–H groups in total. The van der Waals surface area contributed by atoms with E-state index in [1.54, 1.807) is 42.6 Å². The maximum atomic E-state index is 13.4. The fourth-order valence-corrected chi connectivity index (χ4v) is 4.90. The number of anilines is 1. The number of aryl methyl sites for hydroxylation is 2. The van der Waals surface area contributed by atoms with Crippen molar-refractivity contribution in [2.45, 2.75) is 32.6 Å². The summed E-state index contributed by atoms with van der Waals surface area (Å²) in [6.45, 7) is 7.53. The molecule has 0 radical (unpaired) electrons. The average Bonchev–Trinajstić information content (AvgIpc) is 2.78. The molecule has 0 heterocycles. The number of hydrazone groups is 1. The van der Waals surface area contributed by atoms with Crippen molar-refractivity contribution in [2.24, 2.45) is 5.10 Å². The van der Waals surface area contributed by atoms with E-state index in [9.17, 15) is 13.2 Å². The number of halogens is 1. The van der Waals surface area contributed by atoms with E-state index in [4.69, 9.17) is 0 Å². The minimum atomic E-state index is -3.97. The van der Waals surface area contributed by atoms with Gasteiger partial charge in [0, 0.05) is 4.47 Å². The molecular formula is C25H26BrN3O3S. The molecule has 0 spiro atoms. The Kier molecular flexibility index (Phi) is 7.71. The zero-order valence-electron chi connectivity index (χ0n) is 19.0. The monoisotopic (exact) mass is 527 g/mol. The fourth-order valence-electron chi connectivity index (χ4n) is 3.22. The van der Waals surface area contributed by atoms with Crippen molar-refractivity contribution < 1.29 is 13.2 Å². The van der Waals surface area contributed by atoms with Crippen LogP contribution in [0.4, 0.5) is 5.69 Å². The topological polar surface area (TPSA) is 78.8 Å². The standard InChI is InChI=1S/C25H26BrN3O3S/c1-17-5-13-24(14-6-17)33(31,32)29(23-11-9-22(26)10-12-23)16-25(30)28-27-15-21-8-7-18(2)19(3)20(21)4/h5-15H,16H2,1-4H3,(H,28,30)/b27-15-. The first-order valence-electron chi connectivity index (χ1n) is 10.3. The van der Waals surface area contributed by atoms with Gasteiger partial charge in [-0.05, 0) is 86.3 Å². The molecule has 3 aromatic carbocycles. The van der Waals surface area contributed by atoms with Gasteiger partial charge in [0.2, 0.25) is 0 Å². The highest BCUT2D eigenvalue weighted by Gasteiger charge is 2.27. The first-order valence-corrected chi connectivity index (χ1v) is 12.6. The molecule has 0 aliphatic rings. The van der Waals surface area contributed by atoms with Gasteiger partial charge in [-0.3, -0.25) is 9.10 Å². The van der Waals surface area contributed by atoms with Crippen LogP contribution in [0.15, 0.2) is 75.1 Å². The second-order valence-electron chi connectivity index (χ2n) is 7.82. The second-order valence-corrected chi connectivity index (χ2v) is 10.6. The van der Waals surface area contributed by atoms with Crippen molar-refractivity contribution in [3.63, 3.8) is 0 Å². The third kappa shape index (κ3) is 5.89. The van der Waals surface area contributed by atoms with E-state index in [-0.39, 0.29) is 4.90 Å². The molecule has 0 atom stereocenters. The molecule has 0 unspecified atom stereocenters. The number of carbonyl (C=O) groups excluding carboxylic acids is 1. The normalized spacial score (nSPS) is 11.5. The molecule has 0 aliphatic carbocycles. The van der Waals surface area contributed by atoms with Gasteiger partial charge in [-0.2, -0.15) is 5.10 Å². The number of nitrogens with one attached hydrogen (secondary N) is 1. The van der Waals surface area contributed by atoms with Crippen molar-refractivity contribution in [3.05, 3.63) is 93.0 Å². The lowest BCUT2D eigenvalue weighted by Gasteiger charge is -2.23. The molecule has 0 fully saturated rings. The molecule has 3 rings (SSSR count). The second kappa shape index (κ2) is 10.3. The van der Waals surface area contributed by atoms with Crippen molar-refractivity contribution >= 4 is 43.8 Å². The smallest absolute Gasteiger partial charge is 0.264 e. The predicted octanol–water partition coefficient (Wildman–Crippen LogP) is 5.03. The van der Waals surface area contributed by atoms with Gasteiger partial charge in [0.25, 0.3) is 15.9 Å². The van der Waals surface area contributed by atoms with Crippen molar-refractivity contribution in [1.29, 1.82) is 0 Å². The van der Waals surface area contributed by atoms with Gasteiger partial charge in [-0.15, -0.1) is 0 Å². The van der Waals surface area contributed by atoms with Gasteiger partial charge < -0.3 is 0 Å². The Balaban J connectivity index is 1.84. The first-order chi connectivity index (χ1) is 15.6. The number of hydrogen-bond acceptors (Lipinski definition) is 4. The number of carbonyl (C=O) groups is 1. The molecule has 0 saturated carbocycles. The molecule has 0 bridgehead atoms. The number of nitrogens with zero attached hydrogens (tertiary/aromatic N) is 2. The van der Waals surface area contributed by atoms with Crippen LogP contribution in [0.1, 0.15) is 27.8 Å². The quantitative estimate of drug-likeness (QED) is 0.345. The largest absolute Gasteiger partial charge is 0.271 e. The van der Waals surface area contributed by atoms with Crippen LogP contribution in [-0.2, 0) is 14.8 Å².